The standard InChI is InChI=1S/C14H8BrFN2O2/c15-12-7-9(16)4-5-11(12)14-17-13(18-20-14)8-2-1-3-10(19)6-8/h1-7,19H. The predicted octanol–water partition coefficient (Wildman–Crippen LogP) is 4.01. The van der Waals surface area contributed by atoms with Crippen LogP contribution in [0.4, 0.5) is 4.39 Å². The predicted molar refractivity (Wildman–Crippen MR) is 74.5 cm³/mol. The van der Waals surface area contributed by atoms with Gasteiger partial charge >= 0.3 is 0 Å². The molecule has 0 atom stereocenters. The molecule has 0 spiro atoms. The number of benzene rings is 2. The fourth-order valence-corrected chi connectivity index (χ4v) is 2.28. The van der Waals surface area contributed by atoms with Crippen molar-refractivity contribution in [1.82, 2.24) is 10.1 Å². The fourth-order valence-electron chi connectivity index (χ4n) is 1.76. The molecule has 0 saturated heterocycles. The Labute approximate surface area is 122 Å². The molecule has 100 valence electrons. The summed E-state index contributed by atoms with van der Waals surface area (Å²) in [6, 6.07) is 10.7. The zero-order valence-electron chi connectivity index (χ0n) is 10.0. The molecule has 3 aromatic rings. The lowest BCUT2D eigenvalue weighted by molar-refractivity contribution is 0.432. The fraction of sp³-hybridized carbons (Fsp3) is 0. The molecule has 1 N–H and O–H groups in total. The van der Waals surface area contributed by atoms with Gasteiger partial charge in [-0.3, -0.25) is 0 Å². The van der Waals surface area contributed by atoms with Crippen molar-refractivity contribution >= 4 is 15.9 Å². The summed E-state index contributed by atoms with van der Waals surface area (Å²) >= 11 is 3.25. The van der Waals surface area contributed by atoms with Gasteiger partial charge in [-0.25, -0.2) is 4.39 Å². The van der Waals surface area contributed by atoms with Crippen molar-refractivity contribution < 1.29 is 14.0 Å². The van der Waals surface area contributed by atoms with Crippen LogP contribution in [-0.2, 0) is 0 Å². The Morgan fingerprint density at radius 2 is 2.00 bits per heavy atom. The molecule has 0 radical (unpaired) electrons. The maximum atomic E-state index is 13.1. The van der Waals surface area contributed by atoms with Crippen molar-refractivity contribution in [2.75, 3.05) is 0 Å². The first kappa shape index (κ1) is 12.8. The summed E-state index contributed by atoms with van der Waals surface area (Å²) in [6.07, 6.45) is 0. The summed E-state index contributed by atoms with van der Waals surface area (Å²) in [5, 5.41) is 13.3. The second-order valence-electron chi connectivity index (χ2n) is 4.10. The van der Waals surface area contributed by atoms with E-state index in [1.165, 1.54) is 18.2 Å². The van der Waals surface area contributed by atoms with E-state index in [0.717, 1.165) is 0 Å². The molecule has 20 heavy (non-hydrogen) atoms. The van der Waals surface area contributed by atoms with Crippen molar-refractivity contribution in [3.8, 4) is 28.6 Å². The maximum absolute atomic E-state index is 13.1. The van der Waals surface area contributed by atoms with Gasteiger partial charge in [0, 0.05) is 10.0 Å². The Bertz CT molecular complexity index is 773. The molecule has 0 aliphatic carbocycles. The molecule has 0 fully saturated rings. The van der Waals surface area contributed by atoms with E-state index in [9.17, 15) is 9.50 Å². The maximum Gasteiger partial charge on any atom is 0.259 e. The van der Waals surface area contributed by atoms with Crippen molar-refractivity contribution in [3.63, 3.8) is 0 Å². The van der Waals surface area contributed by atoms with E-state index in [1.807, 2.05) is 0 Å². The van der Waals surface area contributed by atoms with Crippen LogP contribution in [-0.4, -0.2) is 15.2 Å². The highest BCUT2D eigenvalue weighted by molar-refractivity contribution is 9.10. The topological polar surface area (TPSA) is 59.2 Å². The Morgan fingerprint density at radius 3 is 2.75 bits per heavy atom. The van der Waals surface area contributed by atoms with Crippen LogP contribution in [0.1, 0.15) is 0 Å². The number of aromatic nitrogens is 2. The summed E-state index contributed by atoms with van der Waals surface area (Å²) in [6.45, 7) is 0. The minimum Gasteiger partial charge on any atom is -0.508 e. The van der Waals surface area contributed by atoms with E-state index < -0.39 is 0 Å². The van der Waals surface area contributed by atoms with Crippen LogP contribution < -0.4 is 0 Å². The van der Waals surface area contributed by atoms with Crippen LogP contribution in [0.15, 0.2) is 51.5 Å². The highest BCUT2D eigenvalue weighted by Gasteiger charge is 2.13. The number of phenols is 1. The van der Waals surface area contributed by atoms with Crippen LogP contribution >= 0.6 is 15.9 Å². The molecule has 0 saturated carbocycles. The monoisotopic (exact) mass is 334 g/mol. The average Bonchev–Trinajstić information content (AvgIpc) is 2.88. The van der Waals surface area contributed by atoms with E-state index in [0.29, 0.717) is 21.4 Å². The van der Waals surface area contributed by atoms with Gasteiger partial charge in [0.15, 0.2) is 0 Å². The van der Waals surface area contributed by atoms with Gasteiger partial charge in [-0.05, 0) is 46.3 Å². The molecule has 0 bridgehead atoms. The number of hydrogen-bond acceptors (Lipinski definition) is 4. The van der Waals surface area contributed by atoms with Crippen LogP contribution in [0.3, 0.4) is 0 Å². The molecule has 0 aliphatic rings. The van der Waals surface area contributed by atoms with Crippen LogP contribution in [0.25, 0.3) is 22.8 Å². The molecule has 1 aromatic heterocycles. The van der Waals surface area contributed by atoms with E-state index in [1.54, 1.807) is 24.3 Å². The molecule has 1 heterocycles. The summed E-state index contributed by atoms with van der Waals surface area (Å²) in [5.41, 5.74) is 1.24. The second-order valence-corrected chi connectivity index (χ2v) is 4.95. The number of halogens is 2. The van der Waals surface area contributed by atoms with Crippen LogP contribution in [0.5, 0.6) is 5.75 Å². The molecule has 0 aliphatic heterocycles. The second kappa shape index (κ2) is 5.05. The summed E-state index contributed by atoms with van der Waals surface area (Å²) < 4.78 is 18.8. The lowest BCUT2D eigenvalue weighted by atomic mass is 10.2. The first-order chi connectivity index (χ1) is 9.63. The van der Waals surface area contributed by atoms with Gasteiger partial charge < -0.3 is 9.63 Å². The number of hydrogen-bond donors (Lipinski definition) is 1. The van der Waals surface area contributed by atoms with Gasteiger partial charge in [0.25, 0.3) is 5.89 Å². The van der Waals surface area contributed by atoms with Crippen molar-refractivity contribution in [1.29, 1.82) is 0 Å². The SMILES string of the molecule is Oc1cccc(-c2noc(-c3ccc(F)cc3Br)n2)c1. The van der Waals surface area contributed by atoms with E-state index in [-0.39, 0.29) is 17.5 Å². The molecule has 6 heteroatoms. The number of aromatic hydroxyl groups is 1. The Morgan fingerprint density at radius 1 is 1.15 bits per heavy atom. The van der Waals surface area contributed by atoms with Crippen LogP contribution in [0, 0.1) is 5.82 Å². The van der Waals surface area contributed by atoms with Crippen molar-refractivity contribution in [2.45, 2.75) is 0 Å². The summed E-state index contributed by atoms with van der Waals surface area (Å²) in [5.74, 6) is 0.396. The van der Waals surface area contributed by atoms with Gasteiger partial charge in [-0.15, -0.1) is 0 Å². The Hall–Kier alpha value is -2.21. The number of phenolic OH excluding ortho intramolecular Hbond substituents is 1. The summed E-state index contributed by atoms with van der Waals surface area (Å²) in [4.78, 5) is 4.24. The average molecular weight is 335 g/mol. The Balaban J connectivity index is 2.02. The van der Waals surface area contributed by atoms with Crippen LogP contribution in [0.2, 0.25) is 0 Å². The molecule has 3 rings (SSSR count). The number of nitrogens with zero attached hydrogens (tertiary/aromatic N) is 2. The lowest BCUT2D eigenvalue weighted by Crippen LogP contribution is -1.83. The van der Waals surface area contributed by atoms with Gasteiger partial charge in [0.2, 0.25) is 5.82 Å². The normalized spacial score (nSPS) is 10.7. The third kappa shape index (κ3) is 2.42. The van der Waals surface area contributed by atoms with Gasteiger partial charge in [0.1, 0.15) is 11.6 Å². The molecular formula is C14H8BrFN2O2. The molecule has 0 unspecified atom stereocenters. The summed E-state index contributed by atoms with van der Waals surface area (Å²) in [7, 11) is 0. The smallest absolute Gasteiger partial charge is 0.259 e. The van der Waals surface area contributed by atoms with Gasteiger partial charge in [-0.1, -0.05) is 17.3 Å². The minimum absolute atomic E-state index is 0.122. The Kier molecular flexibility index (Phi) is 3.23. The number of rotatable bonds is 2. The molecule has 2 aromatic carbocycles. The third-order valence-electron chi connectivity index (χ3n) is 2.69. The zero-order chi connectivity index (χ0) is 14.1. The lowest BCUT2D eigenvalue weighted by Gasteiger charge is -1.98. The first-order valence-corrected chi connectivity index (χ1v) is 6.51. The highest BCUT2D eigenvalue weighted by atomic mass is 79.9. The van der Waals surface area contributed by atoms with E-state index >= 15 is 0 Å². The molecule has 0 amide bonds. The minimum atomic E-state index is -0.353. The largest absolute Gasteiger partial charge is 0.508 e. The first-order valence-electron chi connectivity index (χ1n) is 5.72. The van der Waals surface area contributed by atoms with Crippen molar-refractivity contribution in [3.05, 3.63) is 52.8 Å². The molecular weight excluding hydrogens is 327 g/mol. The van der Waals surface area contributed by atoms with E-state index in [2.05, 4.69) is 26.1 Å². The zero-order valence-corrected chi connectivity index (χ0v) is 11.6. The third-order valence-corrected chi connectivity index (χ3v) is 3.35. The van der Waals surface area contributed by atoms with Gasteiger partial charge in [-0.2, -0.15) is 4.98 Å². The molecule has 4 nitrogen and oxygen atoms in total. The van der Waals surface area contributed by atoms with Crippen molar-refractivity contribution in [2.24, 2.45) is 0 Å². The van der Waals surface area contributed by atoms with E-state index in [4.69, 9.17) is 4.52 Å². The van der Waals surface area contributed by atoms with Gasteiger partial charge in [0.05, 0.1) is 5.56 Å². The highest BCUT2D eigenvalue weighted by Crippen LogP contribution is 2.29. The quantitative estimate of drug-likeness (QED) is 0.769.